The van der Waals surface area contributed by atoms with Crippen LogP contribution < -0.4 is 26.0 Å². The Kier molecular flexibility index (Phi) is 30.6. The smallest absolute Gasteiger partial charge is 0.251 e. The van der Waals surface area contributed by atoms with Crippen LogP contribution in [0, 0.1) is 28.2 Å². The van der Waals surface area contributed by atoms with E-state index < -0.39 is 183 Å². The van der Waals surface area contributed by atoms with Gasteiger partial charge in [-0.2, -0.15) is 0 Å². The topological polar surface area (TPSA) is 288 Å². The average Bonchev–Trinajstić information content (AvgIpc) is 0.828. The van der Waals surface area contributed by atoms with E-state index in [9.17, 15) is 47.1 Å². The molecule has 2 aliphatic heterocycles. The van der Waals surface area contributed by atoms with Crippen LogP contribution in [-0.2, 0) is 76.8 Å². The third kappa shape index (κ3) is 23.4. The molecule has 0 radical (unpaired) electrons. The second-order valence-electron chi connectivity index (χ2n) is 28.4. The van der Waals surface area contributed by atoms with Gasteiger partial charge in [-0.1, -0.05) is 102 Å². The molecule has 556 valence electrons. The van der Waals surface area contributed by atoms with Gasteiger partial charge in [0.2, 0.25) is 70.9 Å². The number of nitrogens with one attached hydrogen (secondary N) is 4. The predicted octanol–water partition coefficient (Wildman–Crippen LogP) is 4.47. The Hall–Kier alpha value is -8.31. The summed E-state index contributed by atoms with van der Waals surface area (Å²) < 4.78 is 35.6. The summed E-state index contributed by atoms with van der Waals surface area (Å²) in [5.74, 6) is -13.0. The number of hydrogen-bond donors (Lipinski definition) is 4. The molecule has 8 atom stereocenters. The first-order valence-electron chi connectivity index (χ1n) is 34.3. The molecule has 4 N–H and O–H groups in total. The van der Waals surface area contributed by atoms with Crippen LogP contribution in [0.5, 0.6) is 5.75 Å². The van der Waals surface area contributed by atoms with Gasteiger partial charge in [-0.25, -0.2) is 8.78 Å². The highest BCUT2D eigenvalue weighted by atomic mass is 127. The van der Waals surface area contributed by atoms with E-state index in [1.165, 1.54) is 75.2 Å². The van der Waals surface area contributed by atoms with Crippen molar-refractivity contribution in [3.8, 4) is 5.75 Å². The molecule has 12 amide bonds. The van der Waals surface area contributed by atoms with Gasteiger partial charge in [0, 0.05) is 98.1 Å². The molecule has 5 rings (SSSR count). The Labute approximate surface area is 607 Å². The van der Waals surface area contributed by atoms with Crippen molar-refractivity contribution in [3.05, 3.63) is 98.6 Å². The standard InChI is InChI=1S/C73H105F2IN12O13/c1-18-47(7)63-70(99)83(12)42-61(91)81(10)43-62(92)85(14)57(39-49-24-22-46(6)23-25-49)68(97)82(11)41-59(89)77-53(38-50-20-19-21-51(76)36-50)64(93)78-55(37-48-26-28-52(101-17)29-27-48)67(96)87(16)72(8,9)71(100)79-54(34-44(2)3)66(95)86(15)58(69(98)88-32-30-73(74,75)31-33-88)40-60(90)84(13)56(35-45(4)5)65(94)80-63/h19-29,36,44-45,47,53-58,63H,18,30-35,37-43H2,1-17H3,(H,77,89)(H,78,93)(H,79,100)(H,80,94)/t47-,53-,54-,55-,56-,57-,58+,63-/m0/s1. The number of halogens is 3. The zero-order chi connectivity index (χ0) is 75.7. The van der Waals surface area contributed by atoms with Gasteiger partial charge >= 0.3 is 0 Å². The highest BCUT2D eigenvalue weighted by Gasteiger charge is 2.46. The minimum atomic E-state index is -3.09. The zero-order valence-electron chi connectivity index (χ0n) is 61.6. The number of hydrogen-bond acceptors (Lipinski definition) is 13. The number of likely N-dealkylation sites (N-methyl/N-ethyl adjacent to an activating group) is 7. The van der Waals surface area contributed by atoms with E-state index >= 15 is 19.2 Å². The Morgan fingerprint density at radius 2 is 1.14 bits per heavy atom. The van der Waals surface area contributed by atoms with E-state index in [4.69, 9.17) is 4.74 Å². The number of piperidine rings is 1. The molecule has 0 spiro atoms. The lowest BCUT2D eigenvalue weighted by atomic mass is 9.95. The summed E-state index contributed by atoms with van der Waals surface area (Å²) in [5.41, 5.74) is 0.911. The molecule has 2 heterocycles. The normalized spacial score (nSPS) is 23.6. The quantitative estimate of drug-likeness (QED) is 0.162. The number of aryl methyl sites for hydroxylation is 1. The Bertz CT molecular complexity index is 3440. The van der Waals surface area contributed by atoms with Crippen molar-refractivity contribution >= 4 is 93.5 Å². The summed E-state index contributed by atoms with van der Waals surface area (Å²) in [6.45, 7) is 12.8. The van der Waals surface area contributed by atoms with Crippen molar-refractivity contribution in [1.29, 1.82) is 0 Å². The summed E-state index contributed by atoms with van der Waals surface area (Å²) >= 11 is 2.11. The van der Waals surface area contributed by atoms with E-state index in [1.54, 1.807) is 96.1 Å². The van der Waals surface area contributed by atoms with Gasteiger partial charge in [-0.05, 0) is 115 Å². The minimum absolute atomic E-state index is 0.0280. The molecule has 0 bridgehead atoms. The maximum Gasteiger partial charge on any atom is 0.251 e. The van der Waals surface area contributed by atoms with Gasteiger partial charge in [0.05, 0.1) is 33.2 Å². The van der Waals surface area contributed by atoms with Crippen molar-refractivity contribution < 1.29 is 71.1 Å². The second-order valence-corrected chi connectivity index (χ2v) is 29.6. The van der Waals surface area contributed by atoms with E-state index in [-0.39, 0.29) is 43.9 Å². The molecule has 3 aromatic rings. The van der Waals surface area contributed by atoms with Crippen molar-refractivity contribution in [2.24, 2.45) is 17.8 Å². The van der Waals surface area contributed by atoms with Crippen LogP contribution >= 0.6 is 22.6 Å². The summed E-state index contributed by atoms with van der Waals surface area (Å²) in [6.07, 6.45) is -2.10. The Balaban J connectivity index is 1.66. The first-order valence-corrected chi connectivity index (χ1v) is 35.4. The molecule has 2 saturated heterocycles. The summed E-state index contributed by atoms with van der Waals surface area (Å²) in [5, 5.41) is 11.3. The molecule has 3 aromatic carbocycles. The number of ether oxygens (including phenoxy) is 1. The number of benzene rings is 3. The molecule has 0 aliphatic carbocycles. The highest BCUT2D eigenvalue weighted by molar-refractivity contribution is 14.1. The fourth-order valence-electron chi connectivity index (χ4n) is 12.0. The average molecular weight is 1520 g/mol. The number of likely N-dealkylation sites (tertiary alicyclic amines) is 1. The molecule has 0 aromatic heterocycles. The van der Waals surface area contributed by atoms with Crippen LogP contribution in [0.1, 0.15) is 116 Å². The van der Waals surface area contributed by atoms with E-state index in [0.29, 0.717) is 28.9 Å². The molecule has 28 heteroatoms. The van der Waals surface area contributed by atoms with E-state index in [2.05, 4.69) is 43.9 Å². The maximum atomic E-state index is 15.3. The summed E-state index contributed by atoms with van der Waals surface area (Å²) in [6, 6.07) is 11.3. The predicted molar refractivity (Wildman–Crippen MR) is 385 cm³/mol. The molecular weight excluding hydrogens is 1420 g/mol. The SMILES string of the molecule is CC[C@H](C)[C@@H]1NC(=O)[C@H](CC(C)C)N(C)C(=O)C[C@H](C(=O)N2CCC(F)(F)CC2)N(C)C(=O)[C@H](CC(C)C)NC(=O)C(C)(C)N(C)C(=O)[C@H](Cc2ccc(OC)cc2)NC(=O)[C@H](Cc2cccc(I)c2)NC(=O)CN(C)C(=O)[C@H](Cc2ccc(C)cc2)N(C)C(=O)CN(C)C(=O)CN(C)C1=O. The Morgan fingerprint density at radius 1 is 0.584 bits per heavy atom. The fourth-order valence-corrected chi connectivity index (χ4v) is 12.6. The van der Waals surface area contributed by atoms with Crippen LogP contribution in [0.3, 0.4) is 0 Å². The number of carbonyl (C=O) groups excluding carboxylic acids is 12. The minimum Gasteiger partial charge on any atom is -0.497 e. The summed E-state index contributed by atoms with van der Waals surface area (Å²) in [4.78, 5) is 187. The van der Waals surface area contributed by atoms with E-state index in [1.807, 2.05) is 25.1 Å². The molecule has 2 fully saturated rings. The van der Waals surface area contributed by atoms with Crippen LogP contribution in [0.25, 0.3) is 0 Å². The number of methoxy groups -OCH3 is 1. The lowest BCUT2D eigenvalue weighted by Gasteiger charge is -2.40. The first kappa shape index (κ1) is 83.4. The third-order valence-corrected chi connectivity index (χ3v) is 19.8. The Morgan fingerprint density at radius 3 is 1.71 bits per heavy atom. The van der Waals surface area contributed by atoms with Crippen molar-refractivity contribution in [3.63, 3.8) is 0 Å². The number of alkyl halides is 2. The largest absolute Gasteiger partial charge is 0.497 e. The van der Waals surface area contributed by atoms with Gasteiger partial charge in [0.1, 0.15) is 53.6 Å². The highest BCUT2D eigenvalue weighted by Crippen LogP contribution is 2.30. The zero-order valence-corrected chi connectivity index (χ0v) is 63.8. The first-order chi connectivity index (χ1) is 47.2. The van der Waals surface area contributed by atoms with E-state index in [0.717, 1.165) is 43.4 Å². The molecule has 2 aliphatic rings. The van der Waals surface area contributed by atoms with Gasteiger partial charge < -0.3 is 65.2 Å². The van der Waals surface area contributed by atoms with Crippen molar-refractivity contribution in [2.75, 3.05) is 89.2 Å². The maximum absolute atomic E-state index is 15.3. The second kappa shape index (κ2) is 37.0. The monoisotopic (exact) mass is 1520 g/mol. The lowest BCUT2D eigenvalue weighted by Crippen LogP contribution is -2.64. The van der Waals surface area contributed by atoms with Crippen molar-refractivity contribution in [1.82, 2.24) is 60.5 Å². The third-order valence-electron chi connectivity index (χ3n) is 19.1. The molecule has 0 saturated carbocycles. The van der Waals surface area contributed by atoms with Crippen LogP contribution in [-0.4, -0.2) is 253 Å². The lowest BCUT2D eigenvalue weighted by molar-refractivity contribution is -0.154. The molecule has 25 nitrogen and oxygen atoms in total. The van der Waals surface area contributed by atoms with Gasteiger partial charge in [-0.15, -0.1) is 0 Å². The molecular formula is C73H105F2IN12O13. The fraction of sp³-hybridized carbons (Fsp3) is 0.589. The number of amides is 12. The van der Waals surface area contributed by atoms with Gasteiger partial charge in [-0.3, -0.25) is 57.5 Å². The van der Waals surface area contributed by atoms with Crippen LogP contribution in [0.15, 0.2) is 72.8 Å². The molecule has 101 heavy (non-hydrogen) atoms. The van der Waals surface area contributed by atoms with Gasteiger partial charge in [0.25, 0.3) is 5.92 Å². The number of carbonyl (C=O) groups is 12. The van der Waals surface area contributed by atoms with Crippen LogP contribution in [0.2, 0.25) is 0 Å². The molecule has 0 unspecified atom stereocenters. The van der Waals surface area contributed by atoms with Crippen LogP contribution in [0.4, 0.5) is 8.78 Å². The van der Waals surface area contributed by atoms with Gasteiger partial charge in [0.15, 0.2) is 0 Å². The number of rotatable bonds is 14. The summed E-state index contributed by atoms with van der Waals surface area (Å²) in [7, 11) is 10.9. The number of nitrogens with zero attached hydrogens (tertiary/aromatic N) is 8. The van der Waals surface area contributed by atoms with Crippen molar-refractivity contribution in [2.45, 2.75) is 174 Å².